The lowest BCUT2D eigenvalue weighted by atomic mass is 9.85. The topological polar surface area (TPSA) is 210 Å². The molecule has 1 saturated carbocycles. The molecule has 1 fully saturated rings. The van der Waals surface area contributed by atoms with Crippen molar-refractivity contribution in [2.45, 2.75) is 281 Å². The Balaban J connectivity index is 2.37. The van der Waals surface area contributed by atoms with Gasteiger partial charge in [-0.1, -0.05) is 199 Å². The highest BCUT2D eigenvalue weighted by Gasteiger charge is 2.51. The van der Waals surface area contributed by atoms with E-state index in [9.17, 15) is 44.6 Å². The van der Waals surface area contributed by atoms with Crippen molar-refractivity contribution in [2.24, 2.45) is 0 Å². The van der Waals surface area contributed by atoms with Crippen LogP contribution < -0.4 is 0 Å². The second kappa shape index (κ2) is 40.6. The van der Waals surface area contributed by atoms with Gasteiger partial charge in [0.15, 0.2) is 6.10 Å². The number of rotatable bonds is 44. The van der Waals surface area contributed by atoms with E-state index in [2.05, 4.69) is 26.0 Å². The summed E-state index contributed by atoms with van der Waals surface area (Å²) in [6.07, 6.45) is 31.2. The van der Waals surface area contributed by atoms with Crippen molar-refractivity contribution in [3.8, 4) is 0 Å². The minimum atomic E-state index is -5.12. The summed E-state index contributed by atoms with van der Waals surface area (Å²) in [6.45, 7) is 3.33. The molecule has 1 aliphatic rings. The van der Waals surface area contributed by atoms with Gasteiger partial charge in [-0.15, -0.1) is 0 Å². The number of aliphatic hydroxyl groups is 5. The Morgan fingerprint density at radius 3 is 1.19 bits per heavy atom. The molecular weight excluding hydrogens is 840 g/mol. The first-order valence-electron chi connectivity index (χ1n) is 26.0. The highest BCUT2D eigenvalue weighted by atomic mass is 31.2. The molecule has 6 N–H and O–H groups in total. The first-order valence-corrected chi connectivity index (χ1v) is 27.5. The highest BCUT2D eigenvalue weighted by Crippen LogP contribution is 2.47. The number of carbonyl (C=O) groups is 2. The van der Waals surface area contributed by atoms with Gasteiger partial charge in [-0.25, -0.2) is 4.57 Å². The number of ether oxygens (including phenoxy) is 2. The summed E-state index contributed by atoms with van der Waals surface area (Å²) in [7, 11) is -5.12. The third-order valence-electron chi connectivity index (χ3n) is 12.4. The van der Waals surface area contributed by atoms with Gasteiger partial charge in [0.25, 0.3) is 0 Å². The van der Waals surface area contributed by atoms with Crippen LogP contribution in [0.4, 0.5) is 0 Å². The average molecular weight is 935 g/mol. The Hall–Kier alpha value is -1.41. The molecule has 0 heterocycles. The molecule has 1 aliphatic carbocycles. The standard InChI is InChI=1S/C50H95O13P/c1-3-5-7-9-11-13-15-17-19-20-21-22-23-24-25-27-29-31-33-35-37-39-44(52)62-42(41-61-64(58,59)63-50-48(56)46(54)45(53)47(55)49(50)57)40-60-43(51)38-36-34-32-30-28-26-18-16-14-12-10-8-6-4-2/h20-21,42,45-50,53-57H,3-19,22-41H2,1-2H3,(H,58,59)/b21-20-. The molecule has 0 aliphatic heterocycles. The lowest BCUT2D eigenvalue weighted by Crippen LogP contribution is -2.64. The maximum atomic E-state index is 12.8. The van der Waals surface area contributed by atoms with Crippen LogP contribution in [0.5, 0.6) is 0 Å². The summed E-state index contributed by atoms with van der Waals surface area (Å²) >= 11 is 0. The quantitative estimate of drug-likeness (QED) is 0.0146. The molecule has 0 spiro atoms. The maximum absolute atomic E-state index is 12.8. The van der Waals surface area contributed by atoms with Crippen molar-refractivity contribution in [1.29, 1.82) is 0 Å². The van der Waals surface area contributed by atoms with Gasteiger partial charge in [0.2, 0.25) is 0 Å². The Morgan fingerprint density at radius 2 is 0.797 bits per heavy atom. The summed E-state index contributed by atoms with van der Waals surface area (Å²) in [5.74, 6) is -1.09. The van der Waals surface area contributed by atoms with Gasteiger partial charge in [0.05, 0.1) is 6.61 Å². The molecule has 0 radical (unpaired) electrons. The van der Waals surface area contributed by atoms with Crippen molar-refractivity contribution in [1.82, 2.24) is 0 Å². The van der Waals surface area contributed by atoms with E-state index in [0.29, 0.717) is 12.8 Å². The van der Waals surface area contributed by atoms with E-state index in [0.717, 1.165) is 51.4 Å². The van der Waals surface area contributed by atoms with Crippen LogP contribution in [0.2, 0.25) is 0 Å². The summed E-state index contributed by atoms with van der Waals surface area (Å²) in [5, 5.41) is 50.2. The SMILES string of the molecule is CCCCCCCCCC/C=C\CCCCCCCCCCCC(=O)OC(COC(=O)CCCCCCCCCCCCCCCC)COP(=O)(O)OC1C(O)C(O)C(O)C(O)C1O. The number of hydrogen-bond donors (Lipinski definition) is 6. The molecule has 6 atom stereocenters. The van der Waals surface area contributed by atoms with E-state index in [4.69, 9.17) is 18.5 Å². The number of aliphatic hydroxyl groups excluding tert-OH is 5. The summed E-state index contributed by atoms with van der Waals surface area (Å²) < 4.78 is 33.6. The van der Waals surface area contributed by atoms with Crippen LogP contribution in [0.25, 0.3) is 0 Å². The van der Waals surface area contributed by atoms with E-state index >= 15 is 0 Å². The zero-order chi connectivity index (χ0) is 47.1. The fourth-order valence-corrected chi connectivity index (χ4v) is 9.14. The molecule has 0 amide bonds. The van der Waals surface area contributed by atoms with Gasteiger partial charge in [0, 0.05) is 12.8 Å². The van der Waals surface area contributed by atoms with Crippen LogP contribution in [0, 0.1) is 0 Å². The normalized spacial score (nSPS) is 21.6. The van der Waals surface area contributed by atoms with Crippen molar-refractivity contribution in [3.05, 3.63) is 12.2 Å². The summed E-state index contributed by atoms with van der Waals surface area (Å²) in [5.41, 5.74) is 0. The van der Waals surface area contributed by atoms with E-state index in [1.54, 1.807) is 0 Å². The van der Waals surface area contributed by atoms with E-state index in [1.807, 2.05) is 0 Å². The predicted octanol–water partition coefficient (Wildman–Crippen LogP) is 11.0. The van der Waals surface area contributed by atoms with Gasteiger partial charge in [-0.05, 0) is 38.5 Å². The molecule has 64 heavy (non-hydrogen) atoms. The molecule has 14 heteroatoms. The van der Waals surface area contributed by atoms with E-state index in [-0.39, 0.29) is 12.8 Å². The van der Waals surface area contributed by atoms with Gasteiger partial charge < -0.3 is 39.9 Å². The summed E-state index contributed by atoms with van der Waals surface area (Å²) in [6, 6.07) is 0. The number of unbranched alkanes of at least 4 members (excludes halogenated alkanes) is 30. The first kappa shape index (κ1) is 60.6. The predicted molar refractivity (Wildman–Crippen MR) is 254 cm³/mol. The monoisotopic (exact) mass is 935 g/mol. The number of carbonyl (C=O) groups excluding carboxylic acids is 2. The minimum Gasteiger partial charge on any atom is -0.462 e. The van der Waals surface area contributed by atoms with E-state index < -0.39 is 75.7 Å². The number of phosphoric acid groups is 1. The second-order valence-corrected chi connectivity index (χ2v) is 19.8. The minimum absolute atomic E-state index is 0.0991. The van der Waals surface area contributed by atoms with E-state index in [1.165, 1.54) is 148 Å². The zero-order valence-electron chi connectivity index (χ0n) is 40.3. The molecule has 0 saturated heterocycles. The molecule has 6 unspecified atom stereocenters. The van der Waals surface area contributed by atoms with Crippen molar-refractivity contribution in [2.75, 3.05) is 13.2 Å². The fourth-order valence-electron chi connectivity index (χ4n) is 8.17. The van der Waals surface area contributed by atoms with Crippen molar-refractivity contribution in [3.63, 3.8) is 0 Å². The van der Waals surface area contributed by atoms with Crippen LogP contribution >= 0.6 is 7.82 Å². The van der Waals surface area contributed by atoms with Crippen LogP contribution in [-0.2, 0) is 32.7 Å². The molecule has 378 valence electrons. The number of esters is 2. The highest BCUT2D eigenvalue weighted by molar-refractivity contribution is 7.47. The van der Waals surface area contributed by atoms with Crippen LogP contribution in [0.1, 0.15) is 239 Å². The third-order valence-corrected chi connectivity index (χ3v) is 13.3. The molecule has 0 bridgehead atoms. The van der Waals surface area contributed by atoms with Crippen LogP contribution in [0.3, 0.4) is 0 Å². The second-order valence-electron chi connectivity index (χ2n) is 18.4. The lowest BCUT2D eigenvalue weighted by Gasteiger charge is -2.41. The van der Waals surface area contributed by atoms with Crippen molar-refractivity contribution < 1.29 is 63.1 Å². The fraction of sp³-hybridized carbons (Fsp3) is 0.920. The Labute approximate surface area is 388 Å². The van der Waals surface area contributed by atoms with Crippen LogP contribution in [-0.4, -0.2) is 98.3 Å². The van der Waals surface area contributed by atoms with Gasteiger partial charge in [-0.2, -0.15) is 0 Å². The maximum Gasteiger partial charge on any atom is 0.472 e. The Bertz CT molecular complexity index is 1170. The Morgan fingerprint density at radius 1 is 0.469 bits per heavy atom. The molecule has 13 nitrogen and oxygen atoms in total. The zero-order valence-corrected chi connectivity index (χ0v) is 41.2. The van der Waals surface area contributed by atoms with Crippen LogP contribution in [0.15, 0.2) is 12.2 Å². The Kier molecular flexibility index (Phi) is 38.5. The van der Waals surface area contributed by atoms with Gasteiger partial charge in [-0.3, -0.25) is 18.6 Å². The molecule has 0 aromatic rings. The largest absolute Gasteiger partial charge is 0.472 e. The molecule has 0 aromatic heterocycles. The third kappa shape index (κ3) is 32.3. The molecule has 0 aromatic carbocycles. The molecular formula is C50H95O13P. The van der Waals surface area contributed by atoms with Gasteiger partial charge >= 0.3 is 19.8 Å². The lowest BCUT2D eigenvalue weighted by molar-refractivity contribution is -0.220. The van der Waals surface area contributed by atoms with Gasteiger partial charge in [0.1, 0.15) is 43.2 Å². The number of phosphoric ester groups is 1. The number of allylic oxidation sites excluding steroid dienone is 2. The number of hydrogen-bond acceptors (Lipinski definition) is 12. The summed E-state index contributed by atoms with van der Waals surface area (Å²) in [4.78, 5) is 35.8. The smallest absolute Gasteiger partial charge is 0.462 e. The van der Waals surface area contributed by atoms with Crippen molar-refractivity contribution >= 4 is 19.8 Å². The average Bonchev–Trinajstić information content (AvgIpc) is 3.28. The molecule has 1 rings (SSSR count). The first-order chi connectivity index (χ1) is 30.9.